The van der Waals surface area contributed by atoms with E-state index in [1.165, 1.54) is 4.90 Å². The molecular formula is C20H22N2O4. The highest BCUT2D eigenvalue weighted by atomic mass is 16.6. The number of hydrogen-bond donors (Lipinski definition) is 1. The van der Waals surface area contributed by atoms with Crippen LogP contribution in [0, 0.1) is 0 Å². The van der Waals surface area contributed by atoms with Crippen molar-refractivity contribution < 1.29 is 19.1 Å². The molecule has 0 aromatic heterocycles. The van der Waals surface area contributed by atoms with E-state index in [0.29, 0.717) is 37.3 Å². The summed E-state index contributed by atoms with van der Waals surface area (Å²) in [6, 6.07) is 12.7. The molecule has 2 aromatic rings. The van der Waals surface area contributed by atoms with Crippen LogP contribution in [0.15, 0.2) is 42.5 Å². The van der Waals surface area contributed by atoms with E-state index in [4.69, 9.17) is 9.47 Å². The van der Waals surface area contributed by atoms with Crippen LogP contribution in [-0.2, 0) is 11.2 Å². The zero-order valence-corrected chi connectivity index (χ0v) is 15.0. The molecule has 1 heterocycles. The molecule has 2 aromatic carbocycles. The average Bonchev–Trinajstić information content (AvgIpc) is 2.65. The molecule has 1 aliphatic heterocycles. The molecule has 0 atom stereocenters. The third kappa shape index (κ3) is 4.33. The number of carbonyl (C=O) groups is 2. The van der Waals surface area contributed by atoms with Crippen LogP contribution in [0.3, 0.4) is 0 Å². The molecule has 0 unspecified atom stereocenters. The lowest BCUT2D eigenvalue weighted by molar-refractivity contribution is -0.116. The Kier molecular flexibility index (Phi) is 5.41. The first kappa shape index (κ1) is 17.8. The SMILES string of the molecule is CN(C)C(=O)c1cccc(NC(=O)CCc2ccc3c(c2)OCCO3)c1. The molecule has 26 heavy (non-hydrogen) atoms. The van der Waals surface area contributed by atoms with E-state index in [1.54, 1.807) is 38.4 Å². The number of hydrogen-bond acceptors (Lipinski definition) is 4. The summed E-state index contributed by atoms with van der Waals surface area (Å²) in [4.78, 5) is 25.7. The molecule has 136 valence electrons. The van der Waals surface area contributed by atoms with Gasteiger partial charge in [-0.25, -0.2) is 0 Å². The molecule has 1 N–H and O–H groups in total. The number of anilines is 1. The first-order valence-electron chi connectivity index (χ1n) is 8.53. The number of nitrogens with zero attached hydrogens (tertiary/aromatic N) is 1. The third-order valence-corrected chi connectivity index (χ3v) is 4.05. The Bertz CT molecular complexity index is 817. The summed E-state index contributed by atoms with van der Waals surface area (Å²) in [7, 11) is 3.39. The van der Waals surface area contributed by atoms with Crippen molar-refractivity contribution in [3.05, 3.63) is 53.6 Å². The van der Waals surface area contributed by atoms with Gasteiger partial charge in [0, 0.05) is 31.8 Å². The molecule has 0 fully saturated rings. The van der Waals surface area contributed by atoms with Gasteiger partial charge in [0.05, 0.1) is 0 Å². The standard InChI is InChI=1S/C20H22N2O4/c1-22(2)20(24)15-4-3-5-16(13-15)21-19(23)9-7-14-6-8-17-18(12-14)26-11-10-25-17/h3-6,8,12-13H,7,9-11H2,1-2H3,(H,21,23). The molecule has 6 heteroatoms. The fourth-order valence-electron chi connectivity index (χ4n) is 2.71. The lowest BCUT2D eigenvalue weighted by Crippen LogP contribution is -2.22. The predicted molar refractivity (Wildman–Crippen MR) is 98.8 cm³/mol. The van der Waals surface area contributed by atoms with Crippen LogP contribution >= 0.6 is 0 Å². The van der Waals surface area contributed by atoms with Crippen molar-refractivity contribution in [3.63, 3.8) is 0 Å². The number of fused-ring (bicyclic) bond motifs is 1. The number of rotatable bonds is 5. The first-order chi connectivity index (χ1) is 12.5. The van der Waals surface area contributed by atoms with Gasteiger partial charge in [-0.05, 0) is 42.3 Å². The summed E-state index contributed by atoms with van der Waals surface area (Å²) < 4.78 is 11.1. The smallest absolute Gasteiger partial charge is 0.253 e. The Morgan fingerprint density at radius 1 is 1.04 bits per heavy atom. The lowest BCUT2D eigenvalue weighted by atomic mass is 10.1. The lowest BCUT2D eigenvalue weighted by Gasteiger charge is -2.18. The summed E-state index contributed by atoms with van der Waals surface area (Å²) in [5.74, 6) is 1.27. The van der Waals surface area contributed by atoms with Crippen molar-refractivity contribution in [1.82, 2.24) is 4.90 Å². The van der Waals surface area contributed by atoms with Crippen molar-refractivity contribution in [2.75, 3.05) is 32.6 Å². The van der Waals surface area contributed by atoms with Crippen molar-refractivity contribution in [2.24, 2.45) is 0 Å². The maximum absolute atomic E-state index is 12.2. The van der Waals surface area contributed by atoms with Crippen molar-refractivity contribution in [3.8, 4) is 11.5 Å². The van der Waals surface area contributed by atoms with Gasteiger partial charge in [0.25, 0.3) is 5.91 Å². The van der Waals surface area contributed by atoms with Gasteiger partial charge >= 0.3 is 0 Å². The van der Waals surface area contributed by atoms with Crippen LogP contribution in [0.4, 0.5) is 5.69 Å². The Balaban J connectivity index is 1.58. The van der Waals surface area contributed by atoms with E-state index < -0.39 is 0 Å². The van der Waals surface area contributed by atoms with Crippen LogP contribution < -0.4 is 14.8 Å². The van der Waals surface area contributed by atoms with Crippen molar-refractivity contribution >= 4 is 17.5 Å². The number of benzene rings is 2. The van der Waals surface area contributed by atoms with E-state index >= 15 is 0 Å². The Labute approximate surface area is 152 Å². The highest BCUT2D eigenvalue weighted by Gasteiger charge is 2.13. The molecule has 1 aliphatic rings. The number of nitrogens with one attached hydrogen (secondary N) is 1. The van der Waals surface area contributed by atoms with Crippen LogP contribution in [0.1, 0.15) is 22.3 Å². The first-order valence-corrected chi connectivity index (χ1v) is 8.53. The second kappa shape index (κ2) is 7.91. The molecule has 0 radical (unpaired) electrons. The second-order valence-electron chi connectivity index (χ2n) is 6.31. The highest BCUT2D eigenvalue weighted by molar-refractivity contribution is 5.97. The van der Waals surface area contributed by atoms with Gasteiger partial charge < -0.3 is 19.7 Å². The topological polar surface area (TPSA) is 67.9 Å². The maximum atomic E-state index is 12.2. The van der Waals surface area contributed by atoms with Crippen molar-refractivity contribution in [1.29, 1.82) is 0 Å². The molecule has 0 aliphatic carbocycles. The number of aryl methyl sites for hydroxylation is 1. The van der Waals surface area contributed by atoms with E-state index in [0.717, 1.165) is 17.1 Å². The van der Waals surface area contributed by atoms with E-state index in [9.17, 15) is 9.59 Å². The Morgan fingerprint density at radius 3 is 2.58 bits per heavy atom. The molecule has 0 spiro atoms. The average molecular weight is 354 g/mol. The summed E-state index contributed by atoms with van der Waals surface area (Å²) >= 11 is 0. The minimum absolute atomic E-state index is 0.0997. The summed E-state index contributed by atoms with van der Waals surface area (Å²) in [5, 5.41) is 2.84. The van der Waals surface area contributed by atoms with Gasteiger partial charge in [0.15, 0.2) is 11.5 Å². The number of carbonyl (C=O) groups excluding carboxylic acids is 2. The molecule has 2 amide bonds. The van der Waals surface area contributed by atoms with Crippen LogP contribution in [0.5, 0.6) is 11.5 Å². The predicted octanol–water partition coefficient (Wildman–Crippen LogP) is 2.73. The molecule has 6 nitrogen and oxygen atoms in total. The van der Waals surface area contributed by atoms with Gasteiger partial charge in [-0.1, -0.05) is 12.1 Å². The summed E-state index contributed by atoms with van der Waals surface area (Å²) in [5.41, 5.74) is 2.17. The van der Waals surface area contributed by atoms with Gasteiger partial charge in [-0.2, -0.15) is 0 Å². The highest BCUT2D eigenvalue weighted by Crippen LogP contribution is 2.31. The van der Waals surface area contributed by atoms with Gasteiger partial charge in [-0.15, -0.1) is 0 Å². The Hall–Kier alpha value is -3.02. The second-order valence-corrected chi connectivity index (χ2v) is 6.31. The van der Waals surface area contributed by atoms with E-state index in [2.05, 4.69) is 5.32 Å². The zero-order chi connectivity index (χ0) is 18.5. The quantitative estimate of drug-likeness (QED) is 0.896. The fraction of sp³-hybridized carbons (Fsp3) is 0.300. The third-order valence-electron chi connectivity index (χ3n) is 4.05. The van der Waals surface area contributed by atoms with Crippen molar-refractivity contribution in [2.45, 2.75) is 12.8 Å². The summed E-state index contributed by atoms with van der Waals surface area (Å²) in [6.07, 6.45) is 0.935. The molecule has 0 saturated carbocycles. The monoisotopic (exact) mass is 354 g/mol. The van der Waals surface area contributed by atoms with E-state index in [1.807, 2.05) is 18.2 Å². The fourth-order valence-corrected chi connectivity index (χ4v) is 2.71. The number of amides is 2. The van der Waals surface area contributed by atoms with Gasteiger partial charge in [0.1, 0.15) is 13.2 Å². The molecule has 0 bridgehead atoms. The largest absolute Gasteiger partial charge is 0.486 e. The van der Waals surface area contributed by atoms with Crippen LogP contribution in [-0.4, -0.2) is 44.0 Å². The van der Waals surface area contributed by atoms with Crippen LogP contribution in [0.25, 0.3) is 0 Å². The minimum atomic E-state index is -0.102. The molecule has 0 saturated heterocycles. The van der Waals surface area contributed by atoms with Crippen LogP contribution in [0.2, 0.25) is 0 Å². The normalized spacial score (nSPS) is 12.4. The van der Waals surface area contributed by atoms with Gasteiger partial charge in [-0.3, -0.25) is 9.59 Å². The number of ether oxygens (including phenoxy) is 2. The van der Waals surface area contributed by atoms with Gasteiger partial charge in [0.2, 0.25) is 5.91 Å². The molecular weight excluding hydrogens is 332 g/mol. The zero-order valence-electron chi connectivity index (χ0n) is 15.0. The Morgan fingerprint density at radius 2 is 1.81 bits per heavy atom. The summed E-state index contributed by atoms with van der Waals surface area (Å²) in [6.45, 7) is 1.10. The maximum Gasteiger partial charge on any atom is 0.253 e. The van der Waals surface area contributed by atoms with E-state index in [-0.39, 0.29) is 11.8 Å². The minimum Gasteiger partial charge on any atom is -0.486 e. The molecule has 3 rings (SSSR count).